The molecular weight excluding hydrogens is 272 g/mol. The topological polar surface area (TPSA) is 59.1 Å². The maximum atomic E-state index is 11.8. The van der Waals surface area contributed by atoms with Gasteiger partial charge in [-0.25, -0.2) is 0 Å². The molecule has 6 heteroatoms. The number of rotatable bonds is 3. The normalized spacial score (nSPS) is 24.9. The van der Waals surface area contributed by atoms with Crippen LogP contribution in [0, 0.1) is 0 Å². The second-order valence-corrected chi connectivity index (χ2v) is 5.35. The average Bonchev–Trinajstić information content (AvgIpc) is 3.03. The predicted octanol–water partition coefficient (Wildman–Crippen LogP) is 0.696. The van der Waals surface area contributed by atoms with Crippen molar-refractivity contribution in [3.8, 4) is 0 Å². The van der Waals surface area contributed by atoms with E-state index in [4.69, 9.17) is 9.47 Å². The summed E-state index contributed by atoms with van der Waals surface area (Å²) in [5.74, 6) is -0.918. The third-order valence-corrected chi connectivity index (χ3v) is 4.27. The molecule has 2 aliphatic rings. The van der Waals surface area contributed by atoms with E-state index in [1.54, 1.807) is 27.3 Å². The Bertz CT molecular complexity index is 589. The van der Waals surface area contributed by atoms with Crippen LogP contribution in [0.15, 0.2) is 18.2 Å². The maximum Gasteiger partial charge on any atom is 0.299 e. The first-order valence-electron chi connectivity index (χ1n) is 6.83. The molecule has 0 aliphatic carbocycles. The smallest absolute Gasteiger partial charge is 0.299 e. The van der Waals surface area contributed by atoms with Gasteiger partial charge in [-0.3, -0.25) is 9.59 Å². The molecule has 21 heavy (non-hydrogen) atoms. The van der Waals surface area contributed by atoms with Gasteiger partial charge < -0.3 is 19.3 Å². The zero-order chi connectivity index (χ0) is 15.1. The van der Waals surface area contributed by atoms with Crippen molar-refractivity contribution in [2.75, 3.05) is 44.2 Å². The number of ketones is 1. The van der Waals surface area contributed by atoms with Gasteiger partial charge in [-0.15, -0.1) is 0 Å². The molecule has 0 radical (unpaired) electrons. The fourth-order valence-electron chi connectivity index (χ4n) is 2.97. The molecule has 1 aromatic rings. The number of fused-ring (bicyclic) bond motifs is 1. The van der Waals surface area contributed by atoms with E-state index in [9.17, 15) is 9.59 Å². The minimum Gasteiger partial charge on any atom is -0.377 e. The van der Waals surface area contributed by atoms with Crippen LogP contribution in [0.4, 0.5) is 11.4 Å². The van der Waals surface area contributed by atoms with Gasteiger partial charge >= 0.3 is 0 Å². The average molecular weight is 290 g/mol. The van der Waals surface area contributed by atoms with E-state index in [1.807, 2.05) is 12.1 Å². The Morgan fingerprint density at radius 1 is 1.10 bits per heavy atom. The van der Waals surface area contributed by atoms with Crippen LogP contribution in [0.25, 0.3) is 0 Å². The molecule has 1 fully saturated rings. The summed E-state index contributed by atoms with van der Waals surface area (Å²) < 4.78 is 10.9. The van der Waals surface area contributed by atoms with Crippen LogP contribution >= 0.6 is 0 Å². The number of ether oxygens (including phenoxy) is 2. The lowest BCUT2D eigenvalue weighted by atomic mass is 10.1. The van der Waals surface area contributed by atoms with Gasteiger partial charge in [0, 0.05) is 40.0 Å². The summed E-state index contributed by atoms with van der Waals surface area (Å²) in [5.41, 5.74) is 2.10. The van der Waals surface area contributed by atoms with Crippen molar-refractivity contribution in [1.82, 2.24) is 0 Å². The number of benzene rings is 1. The number of hydrogen-bond donors (Lipinski definition) is 0. The summed E-state index contributed by atoms with van der Waals surface area (Å²) in [6, 6.07) is 5.47. The number of carbonyl (C=O) groups is 2. The van der Waals surface area contributed by atoms with Crippen LogP contribution < -0.4 is 9.80 Å². The molecule has 0 N–H and O–H groups in total. The lowest BCUT2D eigenvalue weighted by molar-refractivity contribution is -0.114. The molecule has 0 bridgehead atoms. The van der Waals surface area contributed by atoms with Gasteiger partial charge in [0.25, 0.3) is 11.7 Å². The van der Waals surface area contributed by atoms with Crippen molar-refractivity contribution in [2.45, 2.75) is 12.2 Å². The number of methoxy groups -OCH3 is 2. The first kappa shape index (κ1) is 14.0. The van der Waals surface area contributed by atoms with Crippen LogP contribution in [0.1, 0.15) is 10.4 Å². The largest absolute Gasteiger partial charge is 0.377 e. The van der Waals surface area contributed by atoms with Crippen molar-refractivity contribution < 1.29 is 19.1 Å². The SMILES string of the molecule is COC1CN(c2ccc3c(c2)N(C)C(=O)C3=O)CC1OC. The summed E-state index contributed by atoms with van der Waals surface area (Å²) in [6.45, 7) is 1.44. The first-order chi connectivity index (χ1) is 10.1. The predicted molar refractivity (Wildman–Crippen MR) is 78.0 cm³/mol. The van der Waals surface area contributed by atoms with Crippen LogP contribution in [0.3, 0.4) is 0 Å². The quantitative estimate of drug-likeness (QED) is 0.767. The lowest BCUT2D eigenvalue weighted by Crippen LogP contribution is -2.27. The molecule has 3 rings (SSSR count). The van der Waals surface area contributed by atoms with E-state index in [0.717, 1.165) is 18.8 Å². The highest BCUT2D eigenvalue weighted by atomic mass is 16.5. The number of carbonyl (C=O) groups excluding carboxylic acids is 2. The molecule has 0 saturated carbocycles. The molecule has 1 amide bonds. The van der Waals surface area contributed by atoms with E-state index >= 15 is 0 Å². The third-order valence-electron chi connectivity index (χ3n) is 4.27. The summed E-state index contributed by atoms with van der Waals surface area (Å²) in [5, 5.41) is 0. The Hall–Kier alpha value is -1.92. The van der Waals surface area contributed by atoms with Crippen molar-refractivity contribution >= 4 is 23.1 Å². The molecule has 2 unspecified atom stereocenters. The number of Topliss-reactive ketones (excluding diaryl/α,β-unsaturated/α-hetero) is 1. The van der Waals surface area contributed by atoms with Gasteiger partial charge in [-0.05, 0) is 18.2 Å². The van der Waals surface area contributed by atoms with Gasteiger partial charge in [0.05, 0.1) is 11.3 Å². The Balaban J connectivity index is 1.89. The molecule has 1 aromatic carbocycles. The van der Waals surface area contributed by atoms with Gasteiger partial charge in [0.15, 0.2) is 0 Å². The van der Waals surface area contributed by atoms with E-state index in [2.05, 4.69) is 4.90 Å². The Kier molecular flexibility index (Phi) is 3.43. The lowest BCUT2D eigenvalue weighted by Gasteiger charge is -2.20. The van der Waals surface area contributed by atoms with E-state index in [-0.39, 0.29) is 12.2 Å². The Morgan fingerprint density at radius 2 is 1.71 bits per heavy atom. The molecule has 2 atom stereocenters. The van der Waals surface area contributed by atoms with Crippen LogP contribution in [0.2, 0.25) is 0 Å². The van der Waals surface area contributed by atoms with E-state index in [0.29, 0.717) is 11.3 Å². The molecule has 2 aliphatic heterocycles. The third kappa shape index (κ3) is 2.11. The van der Waals surface area contributed by atoms with E-state index < -0.39 is 11.7 Å². The standard InChI is InChI=1S/C15H18N2O4/c1-16-11-6-9(4-5-10(11)14(18)15(16)19)17-7-12(20-2)13(8-17)21-3/h4-6,12-13H,7-8H2,1-3H3. The zero-order valence-corrected chi connectivity index (χ0v) is 12.3. The minimum atomic E-state index is -0.479. The number of anilines is 2. The molecule has 0 aromatic heterocycles. The van der Waals surface area contributed by atoms with Crippen LogP contribution in [-0.4, -0.2) is 58.3 Å². The van der Waals surface area contributed by atoms with Crippen molar-refractivity contribution in [3.05, 3.63) is 23.8 Å². The van der Waals surface area contributed by atoms with Gasteiger partial charge in [0.1, 0.15) is 12.2 Å². The monoisotopic (exact) mass is 290 g/mol. The summed E-state index contributed by atoms with van der Waals surface area (Å²) in [4.78, 5) is 27.0. The summed E-state index contributed by atoms with van der Waals surface area (Å²) in [6.07, 6.45) is 0.0356. The van der Waals surface area contributed by atoms with E-state index in [1.165, 1.54) is 4.90 Å². The highest BCUT2D eigenvalue weighted by Crippen LogP contribution is 2.33. The fraction of sp³-hybridized carbons (Fsp3) is 0.467. The number of likely N-dealkylation sites (N-methyl/N-ethyl adjacent to an activating group) is 1. The molecule has 1 saturated heterocycles. The van der Waals surface area contributed by atoms with Gasteiger partial charge in [0.2, 0.25) is 0 Å². The van der Waals surface area contributed by atoms with Crippen molar-refractivity contribution in [2.24, 2.45) is 0 Å². The van der Waals surface area contributed by atoms with Crippen molar-refractivity contribution in [3.63, 3.8) is 0 Å². The molecule has 112 valence electrons. The second-order valence-electron chi connectivity index (χ2n) is 5.35. The van der Waals surface area contributed by atoms with Gasteiger partial charge in [-0.1, -0.05) is 0 Å². The second kappa shape index (κ2) is 5.13. The zero-order valence-electron chi connectivity index (χ0n) is 12.3. The minimum absolute atomic E-state index is 0.0178. The van der Waals surface area contributed by atoms with Crippen LogP contribution in [-0.2, 0) is 14.3 Å². The summed E-state index contributed by atoms with van der Waals surface area (Å²) in [7, 11) is 4.97. The summed E-state index contributed by atoms with van der Waals surface area (Å²) >= 11 is 0. The number of hydrogen-bond acceptors (Lipinski definition) is 5. The van der Waals surface area contributed by atoms with Crippen LogP contribution in [0.5, 0.6) is 0 Å². The molecule has 6 nitrogen and oxygen atoms in total. The molecule has 0 spiro atoms. The van der Waals surface area contributed by atoms with Gasteiger partial charge in [-0.2, -0.15) is 0 Å². The number of nitrogens with zero attached hydrogens (tertiary/aromatic N) is 2. The van der Waals surface area contributed by atoms with Crippen molar-refractivity contribution in [1.29, 1.82) is 0 Å². The maximum absolute atomic E-state index is 11.8. The molecule has 2 heterocycles. The fourth-order valence-corrected chi connectivity index (χ4v) is 2.97. The molecular formula is C15H18N2O4. The highest BCUT2D eigenvalue weighted by Gasteiger charge is 2.36. The first-order valence-corrected chi connectivity index (χ1v) is 6.83. The number of amides is 1. The Labute approximate surface area is 123 Å². The Morgan fingerprint density at radius 3 is 2.29 bits per heavy atom. The highest BCUT2D eigenvalue weighted by molar-refractivity contribution is 6.52.